The van der Waals surface area contributed by atoms with Gasteiger partial charge >= 0.3 is 0 Å². The van der Waals surface area contributed by atoms with Crippen LogP contribution in [-0.4, -0.2) is 23.3 Å². The van der Waals surface area contributed by atoms with Gasteiger partial charge in [-0.2, -0.15) is 4.98 Å². The Labute approximate surface area is 129 Å². The summed E-state index contributed by atoms with van der Waals surface area (Å²) in [4.78, 5) is 4.62. The fraction of sp³-hybridized carbons (Fsp3) is 0.562. The van der Waals surface area contributed by atoms with Gasteiger partial charge in [0.2, 0.25) is 0 Å². The Balaban J connectivity index is 2.07. The second-order valence-electron chi connectivity index (χ2n) is 6.51. The molecule has 2 aromatic rings. The van der Waals surface area contributed by atoms with Gasteiger partial charge in [-0.15, -0.1) is 0 Å². The average Bonchev–Trinajstić information content (AvgIpc) is 3.07. The normalized spacial score (nSPS) is 18.3. The minimum atomic E-state index is -0.257. The summed E-state index contributed by atoms with van der Waals surface area (Å²) < 4.78 is 18.3. The summed E-state index contributed by atoms with van der Waals surface area (Å²) in [5.74, 6) is 0.803. The topological polar surface area (TPSA) is 43.9 Å². The number of hydrogen-bond donors (Lipinski definition) is 0. The lowest BCUT2D eigenvalue weighted by Crippen LogP contribution is -2.23. The van der Waals surface area contributed by atoms with Crippen LogP contribution in [-0.2, 0) is 4.74 Å². The van der Waals surface area contributed by atoms with Crippen molar-refractivity contribution < 1.29 is 14.2 Å². The first kappa shape index (κ1) is 14.6. The Morgan fingerprint density at radius 2 is 2.05 bits per heavy atom. The molecule has 0 N–H and O–H groups in total. The Morgan fingerprint density at radius 3 is 2.62 bits per heavy atom. The maximum Gasteiger partial charge on any atom is 0.274 e. The van der Waals surface area contributed by atoms with E-state index in [4.69, 9.17) is 14.2 Å². The standard InChI is InChI=1S/C16H21NO3S/c1-9(2)19-15-17-13-11(20-16(3,4)5)7-6-10(12-8-18-12)14(13)21-15/h6-7,9,12H,8H2,1-5H3. The molecule has 1 aromatic heterocycles. The van der Waals surface area contributed by atoms with Crippen molar-refractivity contribution in [1.82, 2.24) is 4.98 Å². The van der Waals surface area contributed by atoms with Crippen LogP contribution in [0.1, 0.15) is 46.3 Å². The molecule has 1 aliphatic rings. The fourth-order valence-electron chi connectivity index (χ4n) is 2.13. The molecule has 0 aliphatic carbocycles. The zero-order valence-corrected chi connectivity index (χ0v) is 13.9. The van der Waals surface area contributed by atoms with E-state index < -0.39 is 0 Å². The molecular formula is C16H21NO3S. The number of rotatable bonds is 4. The predicted octanol–water partition coefficient (Wildman–Crippen LogP) is 4.33. The zero-order chi connectivity index (χ0) is 15.2. The fourth-order valence-corrected chi connectivity index (χ4v) is 3.24. The number of hydrogen-bond acceptors (Lipinski definition) is 5. The van der Waals surface area contributed by atoms with E-state index in [1.165, 1.54) is 5.56 Å². The van der Waals surface area contributed by atoms with Crippen LogP contribution < -0.4 is 9.47 Å². The number of fused-ring (bicyclic) bond motifs is 1. The molecule has 5 heteroatoms. The van der Waals surface area contributed by atoms with Crippen molar-refractivity contribution in [3.8, 4) is 10.9 Å². The summed E-state index contributed by atoms with van der Waals surface area (Å²) in [6.45, 7) is 10.9. The van der Waals surface area contributed by atoms with E-state index in [0.29, 0.717) is 5.19 Å². The molecule has 114 valence electrons. The highest BCUT2D eigenvalue weighted by molar-refractivity contribution is 7.20. The van der Waals surface area contributed by atoms with Gasteiger partial charge in [-0.05, 0) is 40.7 Å². The Hall–Kier alpha value is -1.33. The van der Waals surface area contributed by atoms with Crippen molar-refractivity contribution in [3.63, 3.8) is 0 Å². The third-order valence-electron chi connectivity index (χ3n) is 2.95. The van der Waals surface area contributed by atoms with E-state index in [0.717, 1.165) is 22.6 Å². The minimum absolute atomic E-state index is 0.109. The number of benzene rings is 1. The van der Waals surface area contributed by atoms with Gasteiger partial charge < -0.3 is 14.2 Å². The third-order valence-corrected chi connectivity index (χ3v) is 3.95. The van der Waals surface area contributed by atoms with Gasteiger partial charge in [0.15, 0.2) is 0 Å². The highest BCUT2D eigenvalue weighted by Gasteiger charge is 2.29. The molecule has 4 nitrogen and oxygen atoms in total. The average molecular weight is 307 g/mol. The highest BCUT2D eigenvalue weighted by Crippen LogP contribution is 2.43. The maximum atomic E-state index is 6.04. The van der Waals surface area contributed by atoms with Crippen molar-refractivity contribution in [2.75, 3.05) is 6.61 Å². The first-order valence-electron chi connectivity index (χ1n) is 7.24. The summed E-state index contributed by atoms with van der Waals surface area (Å²) in [7, 11) is 0. The van der Waals surface area contributed by atoms with Crippen molar-refractivity contribution in [3.05, 3.63) is 17.7 Å². The summed E-state index contributed by atoms with van der Waals surface area (Å²) in [5.41, 5.74) is 1.80. The second kappa shape index (κ2) is 5.14. The first-order chi connectivity index (χ1) is 9.83. The summed E-state index contributed by atoms with van der Waals surface area (Å²) >= 11 is 1.57. The summed E-state index contributed by atoms with van der Waals surface area (Å²) in [5, 5.41) is 0.687. The lowest BCUT2D eigenvalue weighted by molar-refractivity contribution is 0.133. The minimum Gasteiger partial charge on any atom is -0.486 e. The van der Waals surface area contributed by atoms with Crippen LogP contribution in [0.25, 0.3) is 10.2 Å². The molecule has 1 saturated heterocycles. The summed E-state index contributed by atoms with van der Waals surface area (Å²) in [6.07, 6.45) is 0.307. The first-order valence-corrected chi connectivity index (χ1v) is 8.06. The molecule has 1 unspecified atom stereocenters. The van der Waals surface area contributed by atoms with E-state index >= 15 is 0 Å². The van der Waals surface area contributed by atoms with Crippen LogP contribution in [0, 0.1) is 0 Å². The van der Waals surface area contributed by atoms with Crippen molar-refractivity contribution in [2.45, 2.75) is 52.4 Å². The quantitative estimate of drug-likeness (QED) is 0.788. The molecule has 0 radical (unpaired) electrons. The SMILES string of the molecule is CC(C)Oc1nc2c(OC(C)(C)C)ccc(C3CO3)c2s1. The summed E-state index contributed by atoms with van der Waals surface area (Å²) in [6, 6.07) is 4.07. The van der Waals surface area contributed by atoms with E-state index in [2.05, 4.69) is 11.1 Å². The largest absolute Gasteiger partial charge is 0.486 e. The zero-order valence-electron chi connectivity index (χ0n) is 13.1. The molecule has 1 atom stereocenters. The van der Waals surface area contributed by atoms with Crippen LogP contribution in [0.2, 0.25) is 0 Å². The van der Waals surface area contributed by atoms with Gasteiger partial charge in [-0.3, -0.25) is 0 Å². The molecule has 2 heterocycles. The monoisotopic (exact) mass is 307 g/mol. The highest BCUT2D eigenvalue weighted by atomic mass is 32.1. The molecule has 1 aromatic carbocycles. The molecule has 0 amide bonds. The molecular weight excluding hydrogens is 286 g/mol. The number of nitrogens with zero attached hydrogens (tertiary/aromatic N) is 1. The van der Waals surface area contributed by atoms with Crippen LogP contribution in [0.15, 0.2) is 12.1 Å². The van der Waals surface area contributed by atoms with E-state index in [1.54, 1.807) is 11.3 Å². The number of aromatic nitrogens is 1. The lowest BCUT2D eigenvalue weighted by atomic mass is 10.1. The lowest BCUT2D eigenvalue weighted by Gasteiger charge is -2.21. The molecule has 1 aliphatic heterocycles. The molecule has 0 bridgehead atoms. The second-order valence-corrected chi connectivity index (χ2v) is 7.48. The molecule has 21 heavy (non-hydrogen) atoms. The number of ether oxygens (including phenoxy) is 3. The van der Waals surface area contributed by atoms with Gasteiger partial charge in [0.1, 0.15) is 23.0 Å². The van der Waals surface area contributed by atoms with Crippen molar-refractivity contribution >= 4 is 21.6 Å². The Morgan fingerprint density at radius 1 is 1.33 bits per heavy atom. The van der Waals surface area contributed by atoms with E-state index in [1.807, 2.05) is 40.7 Å². The number of thiazole rings is 1. The van der Waals surface area contributed by atoms with Crippen LogP contribution in [0.3, 0.4) is 0 Å². The van der Waals surface area contributed by atoms with Crippen molar-refractivity contribution in [1.29, 1.82) is 0 Å². The predicted molar refractivity (Wildman–Crippen MR) is 84.5 cm³/mol. The molecule has 0 spiro atoms. The Kier molecular flexibility index (Phi) is 3.58. The van der Waals surface area contributed by atoms with Gasteiger partial charge in [-0.25, -0.2) is 0 Å². The number of epoxide rings is 1. The van der Waals surface area contributed by atoms with E-state index in [-0.39, 0.29) is 17.8 Å². The van der Waals surface area contributed by atoms with Gasteiger partial charge in [0.25, 0.3) is 5.19 Å². The van der Waals surface area contributed by atoms with E-state index in [9.17, 15) is 0 Å². The molecule has 0 saturated carbocycles. The maximum absolute atomic E-state index is 6.04. The van der Waals surface area contributed by atoms with Crippen LogP contribution >= 0.6 is 11.3 Å². The smallest absolute Gasteiger partial charge is 0.274 e. The molecule has 3 rings (SSSR count). The van der Waals surface area contributed by atoms with Crippen LogP contribution in [0.4, 0.5) is 0 Å². The van der Waals surface area contributed by atoms with Crippen molar-refractivity contribution in [2.24, 2.45) is 0 Å². The van der Waals surface area contributed by atoms with Gasteiger partial charge in [0, 0.05) is 5.56 Å². The van der Waals surface area contributed by atoms with Gasteiger partial charge in [0.05, 0.1) is 17.4 Å². The Bertz CT molecular complexity index is 653. The van der Waals surface area contributed by atoms with Crippen LogP contribution in [0.5, 0.6) is 10.9 Å². The molecule has 1 fully saturated rings. The third kappa shape index (κ3) is 3.30. The van der Waals surface area contributed by atoms with Gasteiger partial charge in [-0.1, -0.05) is 17.4 Å².